The fourth-order valence-corrected chi connectivity index (χ4v) is 2.44. The number of nitrogens with zero attached hydrogens (tertiary/aromatic N) is 1. The highest BCUT2D eigenvalue weighted by Gasteiger charge is 2.10. The van der Waals surface area contributed by atoms with Crippen LogP contribution < -0.4 is 5.32 Å². The number of carbonyl (C=O) groups is 1. The number of benzene rings is 2. The zero-order valence-electron chi connectivity index (χ0n) is 10.6. The van der Waals surface area contributed by atoms with E-state index in [9.17, 15) is 4.79 Å². The van der Waals surface area contributed by atoms with Gasteiger partial charge in [-0.25, -0.2) is 0 Å². The first-order valence-electron chi connectivity index (χ1n) is 6.15. The van der Waals surface area contributed by atoms with Gasteiger partial charge < -0.3 is 9.88 Å². The fourth-order valence-electron chi connectivity index (χ4n) is 2.44. The molecule has 3 aromatic rings. The van der Waals surface area contributed by atoms with Crippen LogP contribution in [0.15, 0.2) is 54.6 Å². The molecule has 1 aromatic heterocycles. The molecule has 0 aliphatic heterocycles. The molecule has 3 heteroatoms. The standard InChI is InChI=1S/C16H14N2O/c1-18-15-9-5-2-6-12(15)10-16(18)13-7-3-4-8-14(13)17-11-19/h2-11H,1H3,(H,17,19). The Hall–Kier alpha value is -2.55. The van der Waals surface area contributed by atoms with Crippen LogP contribution in [0.3, 0.4) is 0 Å². The second kappa shape index (κ2) is 4.61. The number of nitrogens with one attached hydrogen (secondary N) is 1. The SMILES string of the molecule is Cn1c(-c2ccccc2NC=O)cc2ccccc21. The molecular formula is C16H14N2O. The average Bonchev–Trinajstić information content (AvgIpc) is 2.78. The van der Waals surface area contributed by atoms with Crippen molar-refractivity contribution in [1.29, 1.82) is 0 Å². The summed E-state index contributed by atoms with van der Waals surface area (Å²) in [5.74, 6) is 0. The van der Waals surface area contributed by atoms with E-state index in [-0.39, 0.29) is 0 Å². The lowest BCUT2D eigenvalue weighted by Gasteiger charge is -2.09. The van der Waals surface area contributed by atoms with Crippen LogP contribution in [-0.4, -0.2) is 11.0 Å². The maximum Gasteiger partial charge on any atom is 0.211 e. The van der Waals surface area contributed by atoms with Crippen molar-refractivity contribution in [3.63, 3.8) is 0 Å². The molecule has 0 saturated carbocycles. The Balaban J connectivity index is 2.24. The third-order valence-corrected chi connectivity index (χ3v) is 3.37. The van der Waals surface area contributed by atoms with E-state index in [1.807, 2.05) is 43.4 Å². The Bertz CT molecular complexity index is 743. The lowest BCUT2D eigenvalue weighted by atomic mass is 10.1. The maximum atomic E-state index is 10.7. The number of hydrogen-bond acceptors (Lipinski definition) is 1. The monoisotopic (exact) mass is 250 g/mol. The van der Waals surface area contributed by atoms with E-state index >= 15 is 0 Å². The molecule has 1 amide bonds. The average molecular weight is 250 g/mol. The fraction of sp³-hybridized carbons (Fsp3) is 0.0625. The third-order valence-electron chi connectivity index (χ3n) is 3.37. The number of amides is 1. The van der Waals surface area contributed by atoms with Gasteiger partial charge in [-0.2, -0.15) is 0 Å². The van der Waals surface area contributed by atoms with E-state index < -0.39 is 0 Å². The molecule has 3 nitrogen and oxygen atoms in total. The van der Waals surface area contributed by atoms with Gasteiger partial charge >= 0.3 is 0 Å². The summed E-state index contributed by atoms with van der Waals surface area (Å²) >= 11 is 0. The molecular weight excluding hydrogens is 236 g/mol. The number of aromatic nitrogens is 1. The van der Waals surface area contributed by atoms with Gasteiger partial charge in [-0.15, -0.1) is 0 Å². The predicted molar refractivity (Wildman–Crippen MR) is 78.0 cm³/mol. The first-order valence-corrected chi connectivity index (χ1v) is 6.15. The van der Waals surface area contributed by atoms with E-state index in [1.165, 1.54) is 10.9 Å². The van der Waals surface area contributed by atoms with Crippen LogP contribution in [0.4, 0.5) is 5.69 Å². The Morgan fingerprint density at radius 2 is 1.79 bits per heavy atom. The Morgan fingerprint density at radius 1 is 1.05 bits per heavy atom. The van der Waals surface area contributed by atoms with Gasteiger partial charge in [-0.1, -0.05) is 36.4 Å². The first kappa shape index (κ1) is 11.5. The first-order chi connectivity index (χ1) is 9.31. The summed E-state index contributed by atoms with van der Waals surface area (Å²) in [4.78, 5) is 10.7. The number of carbonyl (C=O) groups excluding carboxylic acids is 1. The Morgan fingerprint density at radius 3 is 2.58 bits per heavy atom. The van der Waals surface area contributed by atoms with E-state index in [0.29, 0.717) is 6.41 Å². The summed E-state index contributed by atoms with van der Waals surface area (Å²) in [6.07, 6.45) is 0.710. The lowest BCUT2D eigenvalue weighted by Crippen LogP contribution is -1.98. The minimum absolute atomic E-state index is 0.710. The summed E-state index contributed by atoms with van der Waals surface area (Å²) in [5, 5.41) is 3.95. The van der Waals surface area contributed by atoms with Crippen molar-refractivity contribution in [3.05, 3.63) is 54.6 Å². The summed E-state index contributed by atoms with van der Waals surface area (Å²) in [7, 11) is 2.04. The lowest BCUT2D eigenvalue weighted by molar-refractivity contribution is -0.105. The number of anilines is 1. The highest BCUT2D eigenvalue weighted by atomic mass is 16.1. The van der Waals surface area contributed by atoms with Gasteiger partial charge in [0.2, 0.25) is 6.41 Å². The normalized spacial score (nSPS) is 10.6. The number of aryl methyl sites for hydroxylation is 1. The van der Waals surface area contributed by atoms with Gasteiger partial charge in [0.15, 0.2) is 0 Å². The van der Waals surface area contributed by atoms with Crippen LogP contribution in [0.1, 0.15) is 0 Å². The van der Waals surface area contributed by atoms with Crippen LogP contribution >= 0.6 is 0 Å². The van der Waals surface area contributed by atoms with Gasteiger partial charge in [0.05, 0.1) is 5.69 Å². The van der Waals surface area contributed by atoms with Crippen molar-refractivity contribution in [2.75, 3.05) is 5.32 Å². The largest absolute Gasteiger partial charge is 0.344 e. The van der Waals surface area contributed by atoms with Gasteiger partial charge in [-0.05, 0) is 18.2 Å². The van der Waals surface area contributed by atoms with Crippen molar-refractivity contribution in [2.24, 2.45) is 7.05 Å². The number of hydrogen-bond donors (Lipinski definition) is 1. The van der Waals surface area contributed by atoms with Crippen molar-refractivity contribution in [3.8, 4) is 11.3 Å². The highest BCUT2D eigenvalue weighted by molar-refractivity contribution is 5.91. The molecule has 0 unspecified atom stereocenters. The van der Waals surface area contributed by atoms with Crippen molar-refractivity contribution in [1.82, 2.24) is 4.57 Å². The summed E-state index contributed by atoms with van der Waals surface area (Å²) < 4.78 is 2.14. The van der Waals surface area contributed by atoms with Crippen molar-refractivity contribution in [2.45, 2.75) is 0 Å². The molecule has 0 fully saturated rings. The summed E-state index contributed by atoms with van der Waals surface area (Å²) in [6, 6.07) is 18.2. The topological polar surface area (TPSA) is 34.0 Å². The molecule has 1 heterocycles. The Labute approximate surface area is 111 Å². The second-order valence-corrected chi connectivity index (χ2v) is 4.46. The van der Waals surface area contributed by atoms with Crippen LogP contribution in [0, 0.1) is 0 Å². The van der Waals surface area contributed by atoms with Gasteiger partial charge in [0.1, 0.15) is 0 Å². The van der Waals surface area contributed by atoms with Gasteiger partial charge in [-0.3, -0.25) is 4.79 Å². The number of fused-ring (bicyclic) bond motifs is 1. The summed E-state index contributed by atoms with van der Waals surface area (Å²) in [6.45, 7) is 0. The Kier molecular flexibility index (Phi) is 2.80. The molecule has 0 spiro atoms. The molecule has 2 aromatic carbocycles. The van der Waals surface area contributed by atoms with Crippen molar-refractivity contribution >= 4 is 23.0 Å². The number of rotatable bonds is 3. The van der Waals surface area contributed by atoms with E-state index in [1.54, 1.807) is 0 Å². The molecule has 94 valence electrons. The minimum Gasteiger partial charge on any atom is -0.344 e. The van der Waals surface area contributed by atoms with Crippen LogP contribution in [-0.2, 0) is 11.8 Å². The smallest absolute Gasteiger partial charge is 0.211 e. The summed E-state index contributed by atoms with van der Waals surface area (Å²) in [5.41, 5.74) is 4.11. The van der Waals surface area contributed by atoms with Crippen LogP contribution in [0.25, 0.3) is 22.2 Å². The zero-order valence-corrected chi connectivity index (χ0v) is 10.6. The van der Waals surface area contributed by atoms with Gasteiger partial charge in [0, 0.05) is 29.2 Å². The van der Waals surface area contributed by atoms with E-state index in [0.717, 1.165) is 16.9 Å². The molecule has 3 rings (SSSR count). The predicted octanol–water partition coefficient (Wildman–Crippen LogP) is 3.41. The third kappa shape index (κ3) is 1.89. The quantitative estimate of drug-likeness (QED) is 0.710. The van der Waals surface area contributed by atoms with Crippen LogP contribution in [0.2, 0.25) is 0 Å². The minimum atomic E-state index is 0.710. The second-order valence-electron chi connectivity index (χ2n) is 4.46. The molecule has 0 aliphatic rings. The molecule has 0 bridgehead atoms. The van der Waals surface area contributed by atoms with E-state index in [4.69, 9.17) is 0 Å². The number of para-hydroxylation sites is 2. The molecule has 1 N–H and O–H groups in total. The van der Waals surface area contributed by atoms with Gasteiger partial charge in [0.25, 0.3) is 0 Å². The molecule has 0 aliphatic carbocycles. The highest BCUT2D eigenvalue weighted by Crippen LogP contribution is 2.31. The molecule has 0 atom stereocenters. The van der Waals surface area contributed by atoms with Crippen LogP contribution in [0.5, 0.6) is 0 Å². The van der Waals surface area contributed by atoms with Crippen molar-refractivity contribution < 1.29 is 4.79 Å². The van der Waals surface area contributed by atoms with E-state index in [2.05, 4.69) is 28.1 Å². The zero-order chi connectivity index (χ0) is 13.2. The molecule has 0 radical (unpaired) electrons. The maximum absolute atomic E-state index is 10.7. The molecule has 19 heavy (non-hydrogen) atoms. The molecule has 0 saturated heterocycles.